The third-order valence-electron chi connectivity index (χ3n) is 2.91. The van der Waals surface area contributed by atoms with Crippen molar-refractivity contribution in [1.82, 2.24) is 0 Å². The highest BCUT2D eigenvalue weighted by Crippen LogP contribution is 2.32. The van der Waals surface area contributed by atoms with Gasteiger partial charge in [-0.1, -0.05) is 11.6 Å². The van der Waals surface area contributed by atoms with E-state index in [1.54, 1.807) is 11.3 Å². The molecular weight excluding hydrogens is 190 g/mol. The molecule has 14 heavy (non-hydrogen) atoms. The zero-order chi connectivity index (χ0) is 9.97. The van der Waals surface area contributed by atoms with Gasteiger partial charge in [-0.15, -0.1) is 11.3 Å². The molecule has 2 rings (SSSR count). The van der Waals surface area contributed by atoms with E-state index < -0.39 is 0 Å². The van der Waals surface area contributed by atoms with Crippen LogP contribution in [0.3, 0.4) is 0 Å². The summed E-state index contributed by atoms with van der Waals surface area (Å²) < 4.78 is 0. The zero-order valence-electron chi connectivity index (χ0n) is 8.62. The van der Waals surface area contributed by atoms with E-state index in [1.807, 2.05) is 0 Å². The first-order valence-electron chi connectivity index (χ1n) is 5.27. The van der Waals surface area contributed by atoms with Gasteiger partial charge in [-0.25, -0.2) is 0 Å². The maximum atomic E-state index is 6.26. The van der Waals surface area contributed by atoms with Crippen molar-refractivity contribution in [2.45, 2.75) is 38.6 Å². The van der Waals surface area contributed by atoms with Crippen LogP contribution >= 0.6 is 11.3 Å². The van der Waals surface area contributed by atoms with E-state index in [0.717, 1.165) is 0 Å². The third-order valence-corrected chi connectivity index (χ3v) is 4.01. The van der Waals surface area contributed by atoms with Crippen molar-refractivity contribution in [2.24, 2.45) is 5.73 Å². The Morgan fingerprint density at radius 1 is 1.43 bits per heavy atom. The first-order valence-corrected chi connectivity index (χ1v) is 6.15. The maximum absolute atomic E-state index is 6.26. The molecule has 0 radical (unpaired) electrons. The molecule has 1 nitrogen and oxygen atoms in total. The van der Waals surface area contributed by atoms with Gasteiger partial charge in [-0.05, 0) is 49.6 Å². The van der Waals surface area contributed by atoms with Crippen molar-refractivity contribution < 1.29 is 0 Å². The van der Waals surface area contributed by atoms with Crippen LogP contribution in [-0.2, 0) is 0 Å². The van der Waals surface area contributed by atoms with Crippen molar-refractivity contribution in [3.8, 4) is 0 Å². The van der Waals surface area contributed by atoms with Crippen LogP contribution < -0.4 is 5.73 Å². The van der Waals surface area contributed by atoms with Gasteiger partial charge in [-0.3, -0.25) is 0 Å². The van der Waals surface area contributed by atoms with Crippen LogP contribution in [0.4, 0.5) is 0 Å². The topological polar surface area (TPSA) is 26.0 Å². The highest BCUT2D eigenvalue weighted by atomic mass is 32.1. The van der Waals surface area contributed by atoms with E-state index in [2.05, 4.69) is 24.4 Å². The van der Waals surface area contributed by atoms with Crippen molar-refractivity contribution in [3.05, 3.63) is 33.5 Å². The lowest BCUT2D eigenvalue weighted by Crippen LogP contribution is -2.14. The molecular formula is C12H17NS. The third kappa shape index (κ3) is 1.91. The van der Waals surface area contributed by atoms with Crippen molar-refractivity contribution in [1.29, 1.82) is 0 Å². The number of hydrogen-bond acceptors (Lipinski definition) is 2. The second-order valence-corrected chi connectivity index (χ2v) is 4.92. The van der Waals surface area contributed by atoms with Crippen LogP contribution in [0.25, 0.3) is 0 Å². The fraction of sp³-hybridized carbons (Fsp3) is 0.500. The van der Waals surface area contributed by atoms with Gasteiger partial charge in [0.2, 0.25) is 0 Å². The molecule has 0 fully saturated rings. The Labute approximate surface area is 89.6 Å². The van der Waals surface area contributed by atoms with Crippen LogP contribution in [0.2, 0.25) is 0 Å². The SMILES string of the molecule is Cc1ccsc1C(N)C1=CCCCC1. The van der Waals surface area contributed by atoms with Gasteiger partial charge < -0.3 is 5.73 Å². The summed E-state index contributed by atoms with van der Waals surface area (Å²) in [5.41, 5.74) is 9.04. The minimum absolute atomic E-state index is 0.162. The molecule has 2 heteroatoms. The smallest absolute Gasteiger partial charge is 0.0608 e. The summed E-state index contributed by atoms with van der Waals surface area (Å²) in [6.45, 7) is 2.15. The summed E-state index contributed by atoms with van der Waals surface area (Å²) in [7, 11) is 0. The predicted molar refractivity (Wildman–Crippen MR) is 62.5 cm³/mol. The molecule has 0 saturated heterocycles. The Kier molecular flexibility index (Phi) is 3.04. The van der Waals surface area contributed by atoms with E-state index in [9.17, 15) is 0 Å². The highest BCUT2D eigenvalue weighted by molar-refractivity contribution is 7.10. The summed E-state index contributed by atoms with van der Waals surface area (Å²) in [6.07, 6.45) is 7.39. The zero-order valence-corrected chi connectivity index (χ0v) is 9.44. The molecule has 2 N–H and O–H groups in total. The number of nitrogens with two attached hydrogens (primary N) is 1. The molecule has 0 aliphatic heterocycles. The number of hydrogen-bond donors (Lipinski definition) is 1. The molecule has 0 aromatic carbocycles. The number of thiophene rings is 1. The molecule has 1 atom stereocenters. The summed E-state index contributed by atoms with van der Waals surface area (Å²) in [5, 5.41) is 2.13. The van der Waals surface area contributed by atoms with Crippen molar-refractivity contribution in [3.63, 3.8) is 0 Å². The highest BCUT2D eigenvalue weighted by Gasteiger charge is 2.16. The van der Waals surface area contributed by atoms with Gasteiger partial charge in [0.1, 0.15) is 0 Å². The standard InChI is InChI=1S/C12H17NS/c1-9-7-8-14-12(9)11(13)10-5-3-2-4-6-10/h5,7-8,11H,2-4,6,13H2,1H3. The van der Waals surface area contributed by atoms with Gasteiger partial charge in [0.05, 0.1) is 6.04 Å². The van der Waals surface area contributed by atoms with Gasteiger partial charge in [0.25, 0.3) is 0 Å². The van der Waals surface area contributed by atoms with Gasteiger partial charge in [0.15, 0.2) is 0 Å². The van der Waals surface area contributed by atoms with Gasteiger partial charge in [-0.2, -0.15) is 0 Å². The van der Waals surface area contributed by atoms with Crippen LogP contribution in [0.5, 0.6) is 0 Å². The van der Waals surface area contributed by atoms with Crippen molar-refractivity contribution in [2.75, 3.05) is 0 Å². The predicted octanol–water partition coefficient (Wildman–Crippen LogP) is 3.56. The van der Waals surface area contributed by atoms with E-state index in [-0.39, 0.29) is 6.04 Å². The second kappa shape index (κ2) is 4.28. The minimum Gasteiger partial charge on any atom is -0.320 e. The summed E-state index contributed by atoms with van der Waals surface area (Å²) in [5.74, 6) is 0. The second-order valence-electron chi connectivity index (χ2n) is 3.97. The average molecular weight is 207 g/mol. The monoisotopic (exact) mass is 207 g/mol. The van der Waals surface area contributed by atoms with E-state index in [1.165, 1.54) is 41.7 Å². The normalized spacial score (nSPS) is 19.1. The van der Waals surface area contributed by atoms with Crippen LogP contribution in [0.15, 0.2) is 23.1 Å². The van der Waals surface area contributed by atoms with Crippen LogP contribution in [0, 0.1) is 6.92 Å². The molecule has 0 spiro atoms. The molecule has 1 unspecified atom stereocenters. The average Bonchev–Trinajstić information content (AvgIpc) is 2.65. The van der Waals surface area contributed by atoms with Gasteiger partial charge >= 0.3 is 0 Å². The number of aryl methyl sites for hydroxylation is 1. The fourth-order valence-electron chi connectivity index (χ4n) is 2.02. The minimum atomic E-state index is 0.162. The number of rotatable bonds is 2. The molecule has 0 amide bonds. The Morgan fingerprint density at radius 2 is 2.29 bits per heavy atom. The molecule has 0 bridgehead atoms. The Hall–Kier alpha value is -0.600. The lowest BCUT2D eigenvalue weighted by molar-refractivity contribution is 0.651. The Bertz CT molecular complexity index is 338. The molecule has 1 aliphatic rings. The molecule has 1 heterocycles. The van der Waals surface area contributed by atoms with Crippen LogP contribution in [0.1, 0.15) is 42.2 Å². The summed E-state index contributed by atoms with van der Waals surface area (Å²) >= 11 is 1.79. The van der Waals surface area contributed by atoms with Crippen molar-refractivity contribution >= 4 is 11.3 Å². The quantitative estimate of drug-likeness (QED) is 0.737. The fourth-order valence-corrected chi connectivity index (χ4v) is 2.99. The Morgan fingerprint density at radius 3 is 2.86 bits per heavy atom. The lowest BCUT2D eigenvalue weighted by atomic mass is 9.93. The van der Waals surface area contributed by atoms with E-state index in [0.29, 0.717) is 0 Å². The molecule has 76 valence electrons. The molecule has 1 aliphatic carbocycles. The summed E-state index contributed by atoms with van der Waals surface area (Å²) in [6, 6.07) is 2.32. The van der Waals surface area contributed by atoms with Gasteiger partial charge in [0, 0.05) is 4.88 Å². The van der Waals surface area contributed by atoms with Crippen LogP contribution in [-0.4, -0.2) is 0 Å². The molecule has 1 aromatic rings. The summed E-state index contributed by atoms with van der Waals surface area (Å²) in [4.78, 5) is 1.35. The van der Waals surface area contributed by atoms with E-state index >= 15 is 0 Å². The first-order chi connectivity index (χ1) is 6.79. The largest absolute Gasteiger partial charge is 0.320 e. The first kappa shape index (κ1) is 9.94. The lowest BCUT2D eigenvalue weighted by Gasteiger charge is -2.19. The Balaban J connectivity index is 2.19. The molecule has 0 saturated carbocycles. The van der Waals surface area contributed by atoms with E-state index in [4.69, 9.17) is 5.73 Å². The molecule has 1 aromatic heterocycles. The number of allylic oxidation sites excluding steroid dienone is 1. The maximum Gasteiger partial charge on any atom is 0.0608 e.